The summed E-state index contributed by atoms with van der Waals surface area (Å²) in [5.41, 5.74) is 5.00. The van der Waals surface area contributed by atoms with E-state index in [1.807, 2.05) is 13.0 Å². The Kier molecular flexibility index (Phi) is 2.31. The van der Waals surface area contributed by atoms with Crippen LogP contribution in [0.3, 0.4) is 0 Å². The molecule has 0 radical (unpaired) electrons. The molecule has 0 saturated carbocycles. The first kappa shape index (κ1) is 10.8. The van der Waals surface area contributed by atoms with E-state index in [0.717, 1.165) is 21.9 Å². The molecule has 0 bridgehead atoms. The molecule has 1 aromatic carbocycles. The summed E-state index contributed by atoms with van der Waals surface area (Å²) in [4.78, 5) is 11.3. The molecule has 6 nitrogen and oxygen atoms in total. The van der Waals surface area contributed by atoms with Crippen LogP contribution in [0.25, 0.3) is 21.9 Å². The van der Waals surface area contributed by atoms with Gasteiger partial charge in [0.2, 0.25) is 5.91 Å². The van der Waals surface area contributed by atoms with Crippen molar-refractivity contribution in [2.75, 3.05) is 0 Å². The van der Waals surface area contributed by atoms with E-state index >= 15 is 0 Å². The third kappa shape index (κ3) is 1.54. The Hall–Kier alpha value is -2.34. The minimum Gasteiger partial charge on any atom is -0.464 e. The summed E-state index contributed by atoms with van der Waals surface area (Å²) >= 11 is 0. The minimum atomic E-state index is -0.311. The van der Waals surface area contributed by atoms with Crippen LogP contribution in [0.15, 0.2) is 27.3 Å². The largest absolute Gasteiger partial charge is 0.464 e. The molecule has 0 unspecified atom stereocenters. The van der Waals surface area contributed by atoms with Gasteiger partial charge in [0, 0.05) is 16.8 Å². The SMILES string of the molecule is Cc1coc2cc3onc(CC(=O)NN)c3cc12. The van der Waals surface area contributed by atoms with Gasteiger partial charge in [-0.05, 0) is 18.6 Å². The van der Waals surface area contributed by atoms with E-state index in [4.69, 9.17) is 14.8 Å². The van der Waals surface area contributed by atoms with Crippen LogP contribution in [0.4, 0.5) is 0 Å². The van der Waals surface area contributed by atoms with E-state index in [2.05, 4.69) is 10.6 Å². The van der Waals surface area contributed by atoms with Crippen LogP contribution in [0.5, 0.6) is 0 Å². The van der Waals surface area contributed by atoms with Gasteiger partial charge in [-0.3, -0.25) is 10.2 Å². The summed E-state index contributed by atoms with van der Waals surface area (Å²) in [5.74, 6) is 4.75. The lowest BCUT2D eigenvalue weighted by Gasteiger charge is -1.96. The highest BCUT2D eigenvalue weighted by molar-refractivity contribution is 5.97. The number of nitrogens with two attached hydrogens (primary N) is 1. The molecule has 3 rings (SSSR count). The smallest absolute Gasteiger partial charge is 0.240 e. The highest BCUT2D eigenvalue weighted by atomic mass is 16.5. The Bertz CT molecular complexity index is 742. The fourth-order valence-corrected chi connectivity index (χ4v) is 1.97. The van der Waals surface area contributed by atoms with Crippen molar-refractivity contribution in [3.63, 3.8) is 0 Å². The number of fused-ring (bicyclic) bond motifs is 2. The number of aryl methyl sites for hydroxylation is 1. The summed E-state index contributed by atoms with van der Waals surface area (Å²) < 4.78 is 10.6. The van der Waals surface area contributed by atoms with Crippen molar-refractivity contribution < 1.29 is 13.7 Å². The summed E-state index contributed by atoms with van der Waals surface area (Å²) in [5, 5.41) is 5.67. The van der Waals surface area contributed by atoms with Crippen molar-refractivity contribution in [2.45, 2.75) is 13.3 Å². The summed E-state index contributed by atoms with van der Waals surface area (Å²) in [7, 11) is 0. The molecule has 0 aliphatic rings. The lowest BCUT2D eigenvalue weighted by atomic mass is 10.1. The third-order valence-corrected chi connectivity index (χ3v) is 2.92. The van der Waals surface area contributed by atoms with Gasteiger partial charge in [0.25, 0.3) is 0 Å². The average Bonchev–Trinajstić information content (AvgIpc) is 2.93. The first-order valence-electron chi connectivity index (χ1n) is 5.44. The van der Waals surface area contributed by atoms with Gasteiger partial charge in [-0.25, -0.2) is 5.84 Å². The molecule has 6 heteroatoms. The zero-order valence-electron chi connectivity index (χ0n) is 9.69. The number of benzene rings is 1. The third-order valence-electron chi connectivity index (χ3n) is 2.92. The Morgan fingerprint density at radius 2 is 2.22 bits per heavy atom. The van der Waals surface area contributed by atoms with Crippen molar-refractivity contribution >= 4 is 27.8 Å². The first-order valence-corrected chi connectivity index (χ1v) is 5.44. The maximum Gasteiger partial charge on any atom is 0.240 e. The molecule has 0 fully saturated rings. The molecular formula is C12H11N3O3. The van der Waals surface area contributed by atoms with Crippen molar-refractivity contribution in [3.05, 3.63) is 29.7 Å². The standard InChI is InChI=1S/C12H11N3O3/c1-6-5-17-10-4-11-8(2-7(6)10)9(15-18-11)3-12(16)14-13/h2,4-5H,3,13H2,1H3,(H,14,16). The van der Waals surface area contributed by atoms with Crippen LogP contribution in [0.2, 0.25) is 0 Å². The topological polar surface area (TPSA) is 94.3 Å². The van der Waals surface area contributed by atoms with Gasteiger partial charge in [0.15, 0.2) is 5.58 Å². The van der Waals surface area contributed by atoms with Crippen molar-refractivity contribution in [3.8, 4) is 0 Å². The Morgan fingerprint density at radius 1 is 1.39 bits per heavy atom. The monoisotopic (exact) mass is 245 g/mol. The Morgan fingerprint density at radius 3 is 3.00 bits per heavy atom. The molecule has 3 N–H and O–H groups in total. The minimum absolute atomic E-state index is 0.0892. The normalized spacial score (nSPS) is 11.2. The Labute approximate surface area is 102 Å². The molecule has 18 heavy (non-hydrogen) atoms. The van der Waals surface area contributed by atoms with E-state index in [1.54, 1.807) is 12.3 Å². The number of furan rings is 1. The number of amides is 1. The number of nitrogens with zero attached hydrogens (tertiary/aromatic N) is 1. The second kappa shape index (κ2) is 3.85. The zero-order valence-corrected chi connectivity index (χ0v) is 9.69. The van der Waals surface area contributed by atoms with Crippen LogP contribution >= 0.6 is 0 Å². The molecule has 0 atom stereocenters. The molecule has 0 saturated heterocycles. The zero-order chi connectivity index (χ0) is 12.7. The molecule has 2 heterocycles. The summed E-state index contributed by atoms with van der Waals surface area (Å²) in [6.07, 6.45) is 1.77. The number of carbonyl (C=O) groups is 1. The van der Waals surface area contributed by atoms with Crippen molar-refractivity contribution in [1.82, 2.24) is 10.6 Å². The summed E-state index contributed by atoms with van der Waals surface area (Å²) in [6, 6.07) is 3.69. The number of aromatic nitrogens is 1. The van der Waals surface area contributed by atoms with Crippen LogP contribution in [0, 0.1) is 6.92 Å². The molecule has 3 aromatic rings. The fraction of sp³-hybridized carbons (Fsp3) is 0.167. The number of hydrazine groups is 1. The fourth-order valence-electron chi connectivity index (χ4n) is 1.97. The molecule has 1 amide bonds. The second-order valence-electron chi connectivity index (χ2n) is 4.14. The van der Waals surface area contributed by atoms with Crippen LogP contribution < -0.4 is 11.3 Å². The lowest BCUT2D eigenvalue weighted by Crippen LogP contribution is -2.31. The number of rotatable bonds is 2. The maximum atomic E-state index is 11.3. The van der Waals surface area contributed by atoms with E-state index in [-0.39, 0.29) is 12.3 Å². The predicted octanol–water partition coefficient (Wildman–Crippen LogP) is 1.41. The number of nitrogens with one attached hydrogen (secondary N) is 1. The van der Waals surface area contributed by atoms with Gasteiger partial charge >= 0.3 is 0 Å². The van der Waals surface area contributed by atoms with Gasteiger partial charge in [-0.2, -0.15) is 0 Å². The molecule has 0 aliphatic carbocycles. The van der Waals surface area contributed by atoms with Crippen LogP contribution in [-0.4, -0.2) is 11.1 Å². The van der Waals surface area contributed by atoms with Crippen LogP contribution in [-0.2, 0) is 11.2 Å². The van der Waals surface area contributed by atoms with E-state index in [0.29, 0.717) is 11.3 Å². The highest BCUT2D eigenvalue weighted by Crippen LogP contribution is 2.28. The maximum absolute atomic E-state index is 11.3. The molecular weight excluding hydrogens is 234 g/mol. The van der Waals surface area contributed by atoms with E-state index < -0.39 is 0 Å². The van der Waals surface area contributed by atoms with Gasteiger partial charge < -0.3 is 8.94 Å². The number of carbonyl (C=O) groups excluding carboxylic acids is 1. The van der Waals surface area contributed by atoms with E-state index in [1.165, 1.54) is 0 Å². The van der Waals surface area contributed by atoms with E-state index in [9.17, 15) is 4.79 Å². The molecule has 2 aromatic heterocycles. The van der Waals surface area contributed by atoms with Crippen LogP contribution in [0.1, 0.15) is 11.3 Å². The summed E-state index contributed by atoms with van der Waals surface area (Å²) in [6.45, 7) is 1.96. The van der Waals surface area contributed by atoms with Crippen molar-refractivity contribution in [2.24, 2.45) is 5.84 Å². The second-order valence-corrected chi connectivity index (χ2v) is 4.14. The number of hydrogen-bond donors (Lipinski definition) is 2. The average molecular weight is 245 g/mol. The molecule has 0 aliphatic heterocycles. The number of hydrogen-bond acceptors (Lipinski definition) is 5. The van der Waals surface area contributed by atoms with Gasteiger partial charge in [0.1, 0.15) is 11.3 Å². The first-order chi connectivity index (χ1) is 8.69. The van der Waals surface area contributed by atoms with Gasteiger partial charge in [0.05, 0.1) is 12.7 Å². The lowest BCUT2D eigenvalue weighted by molar-refractivity contribution is -0.120. The Balaban J connectivity index is 2.19. The quantitative estimate of drug-likeness (QED) is 0.404. The van der Waals surface area contributed by atoms with Crippen molar-refractivity contribution in [1.29, 1.82) is 0 Å². The molecule has 92 valence electrons. The predicted molar refractivity (Wildman–Crippen MR) is 64.6 cm³/mol. The van der Waals surface area contributed by atoms with Gasteiger partial charge in [-0.15, -0.1) is 0 Å². The molecule has 0 spiro atoms. The highest BCUT2D eigenvalue weighted by Gasteiger charge is 2.14. The van der Waals surface area contributed by atoms with Gasteiger partial charge in [-0.1, -0.05) is 5.16 Å².